The van der Waals surface area contributed by atoms with E-state index in [0.29, 0.717) is 5.69 Å². The summed E-state index contributed by atoms with van der Waals surface area (Å²) in [4.78, 5) is 4.51. The number of fused-ring (bicyclic) bond motifs is 1. The van der Waals surface area contributed by atoms with Crippen LogP contribution in [0.25, 0.3) is 6.08 Å². The molecule has 0 saturated heterocycles. The summed E-state index contributed by atoms with van der Waals surface area (Å²) in [7, 11) is -4.26. The fourth-order valence-corrected chi connectivity index (χ4v) is 3.32. The summed E-state index contributed by atoms with van der Waals surface area (Å²) in [5.74, 6) is 0. The Morgan fingerprint density at radius 3 is 2.65 bits per heavy atom. The molecule has 23 heavy (non-hydrogen) atoms. The summed E-state index contributed by atoms with van der Waals surface area (Å²) in [5.41, 5.74) is 4.52. The maximum atomic E-state index is 11.4. The van der Waals surface area contributed by atoms with Gasteiger partial charge in [0.2, 0.25) is 0 Å². The van der Waals surface area contributed by atoms with Gasteiger partial charge in [-0.2, -0.15) is 8.42 Å². The minimum absolute atomic E-state index is 0.161. The van der Waals surface area contributed by atoms with Gasteiger partial charge in [0.25, 0.3) is 10.1 Å². The highest BCUT2D eigenvalue weighted by atomic mass is 32.2. The lowest BCUT2D eigenvalue weighted by Crippen LogP contribution is -2.11. The topological polar surface area (TPSA) is 66.7 Å². The second-order valence-electron chi connectivity index (χ2n) is 5.47. The molecule has 0 unspecified atom stereocenters. The molecule has 2 aromatic rings. The number of hydrogen-bond acceptors (Lipinski definition) is 3. The molecular formula is C18H17NO3S. The predicted molar refractivity (Wildman–Crippen MR) is 91.9 cm³/mol. The van der Waals surface area contributed by atoms with Crippen molar-refractivity contribution in [2.24, 2.45) is 4.99 Å². The van der Waals surface area contributed by atoms with Crippen LogP contribution in [0, 0.1) is 0 Å². The lowest BCUT2D eigenvalue weighted by atomic mass is 9.90. The SMILES string of the molecule is C=Cc1ccc(S(=O)(=O)O)cc1/N=C1\CCCc2ccccc21. The molecule has 1 aliphatic rings. The van der Waals surface area contributed by atoms with Gasteiger partial charge in [-0.1, -0.05) is 43.0 Å². The molecule has 4 nitrogen and oxygen atoms in total. The molecule has 0 heterocycles. The number of aryl methyl sites for hydroxylation is 1. The molecule has 0 aromatic heterocycles. The van der Waals surface area contributed by atoms with Crippen LogP contribution in [-0.2, 0) is 16.5 Å². The second kappa shape index (κ2) is 6.10. The summed E-state index contributed by atoms with van der Waals surface area (Å²) in [6.45, 7) is 3.74. The van der Waals surface area contributed by atoms with Gasteiger partial charge in [0.05, 0.1) is 10.6 Å². The van der Waals surface area contributed by atoms with Crippen molar-refractivity contribution in [1.82, 2.24) is 0 Å². The zero-order chi connectivity index (χ0) is 16.4. The van der Waals surface area contributed by atoms with Gasteiger partial charge >= 0.3 is 0 Å². The van der Waals surface area contributed by atoms with Crippen molar-refractivity contribution in [2.45, 2.75) is 24.2 Å². The van der Waals surface area contributed by atoms with Crippen LogP contribution < -0.4 is 0 Å². The standard InChI is InChI=1S/C18H17NO3S/c1-2-13-10-11-15(23(20,21)22)12-18(13)19-17-9-5-7-14-6-3-4-8-16(14)17/h2-4,6,8,10-12H,1,5,7,9H2,(H,20,21,22)/b19-17+. The summed E-state index contributed by atoms with van der Waals surface area (Å²) in [6.07, 6.45) is 4.50. The third kappa shape index (κ3) is 3.25. The van der Waals surface area contributed by atoms with E-state index in [2.05, 4.69) is 17.6 Å². The largest absolute Gasteiger partial charge is 0.294 e. The fourth-order valence-electron chi connectivity index (χ4n) is 2.82. The first-order chi connectivity index (χ1) is 11.0. The Hall–Kier alpha value is -2.24. The second-order valence-corrected chi connectivity index (χ2v) is 6.89. The number of nitrogens with zero attached hydrogens (tertiary/aromatic N) is 1. The van der Waals surface area contributed by atoms with Crippen molar-refractivity contribution in [3.05, 3.63) is 65.7 Å². The maximum absolute atomic E-state index is 11.4. The summed E-state index contributed by atoms with van der Waals surface area (Å²) in [5, 5.41) is 0. The minimum Gasteiger partial charge on any atom is -0.282 e. The van der Waals surface area contributed by atoms with Crippen LogP contribution in [0.5, 0.6) is 0 Å². The smallest absolute Gasteiger partial charge is 0.282 e. The molecule has 118 valence electrons. The first-order valence-electron chi connectivity index (χ1n) is 7.39. The van der Waals surface area contributed by atoms with Gasteiger partial charge in [-0.05, 0) is 48.1 Å². The molecule has 5 heteroatoms. The molecule has 0 radical (unpaired) electrons. The Bertz CT molecular complexity index is 898. The van der Waals surface area contributed by atoms with Crippen molar-refractivity contribution < 1.29 is 13.0 Å². The van der Waals surface area contributed by atoms with Gasteiger partial charge in [-0.3, -0.25) is 9.55 Å². The Morgan fingerprint density at radius 2 is 1.91 bits per heavy atom. The normalized spacial score (nSPS) is 16.1. The van der Waals surface area contributed by atoms with E-state index >= 15 is 0 Å². The van der Waals surface area contributed by atoms with Crippen LogP contribution in [0.2, 0.25) is 0 Å². The summed E-state index contributed by atoms with van der Waals surface area (Å²) < 4.78 is 32.0. The molecule has 0 amide bonds. The van der Waals surface area contributed by atoms with E-state index < -0.39 is 10.1 Å². The number of benzene rings is 2. The van der Waals surface area contributed by atoms with E-state index in [1.54, 1.807) is 12.1 Å². The van der Waals surface area contributed by atoms with Crippen LogP contribution in [0.1, 0.15) is 29.5 Å². The Morgan fingerprint density at radius 1 is 1.13 bits per heavy atom. The van der Waals surface area contributed by atoms with Gasteiger partial charge in [-0.15, -0.1) is 0 Å². The molecule has 3 rings (SSSR count). The Balaban J connectivity index is 2.14. The van der Waals surface area contributed by atoms with E-state index in [0.717, 1.165) is 36.1 Å². The van der Waals surface area contributed by atoms with Crippen molar-refractivity contribution in [3.8, 4) is 0 Å². The fraction of sp³-hybridized carbons (Fsp3) is 0.167. The van der Waals surface area contributed by atoms with Gasteiger partial charge in [-0.25, -0.2) is 0 Å². The van der Waals surface area contributed by atoms with Crippen molar-refractivity contribution >= 4 is 27.6 Å². The van der Waals surface area contributed by atoms with Crippen molar-refractivity contribution in [1.29, 1.82) is 0 Å². The molecule has 2 aromatic carbocycles. The van der Waals surface area contributed by atoms with Crippen LogP contribution in [-0.4, -0.2) is 18.7 Å². The Labute approximate surface area is 136 Å². The third-order valence-electron chi connectivity index (χ3n) is 3.96. The summed E-state index contributed by atoms with van der Waals surface area (Å²) >= 11 is 0. The van der Waals surface area contributed by atoms with Gasteiger partial charge in [0, 0.05) is 5.71 Å². The predicted octanol–water partition coefficient (Wildman–Crippen LogP) is 4.03. The first-order valence-corrected chi connectivity index (χ1v) is 8.83. The molecule has 1 aliphatic carbocycles. The van der Waals surface area contributed by atoms with E-state index in [9.17, 15) is 13.0 Å². The molecular weight excluding hydrogens is 310 g/mol. The van der Waals surface area contributed by atoms with E-state index in [1.807, 2.05) is 18.2 Å². The molecule has 0 fully saturated rings. The highest BCUT2D eigenvalue weighted by Crippen LogP contribution is 2.29. The molecule has 1 N–H and O–H groups in total. The zero-order valence-corrected chi connectivity index (χ0v) is 13.4. The Kier molecular flexibility index (Phi) is 4.15. The van der Waals surface area contributed by atoms with Crippen LogP contribution in [0.15, 0.2) is 58.9 Å². The minimum atomic E-state index is -4.26. The quantitative estimate of drug-likeness (QED) is 0.865. The van der Waals surface area contributed by atoms with Gasteiger partial charge in [0.1, 0.15) is 0 Å². The lowest BCUT2D eigenvalue weighted by molar-refractivity contribution is 0.483. The van der Waals surface area contributed by atoms with E-state index in [-0.39, 0.29) is 4.90 Å². The van der Waals surface area contributed by atoms with Crippen LogP contribution in [0.4, 0.5) is 5.69 Å². The molecule has 0 bridgehead atoms. The van der Waals surface area contributed by atoms with Gasteiger partial charge < -0.3 is 0 Å². The average Bonchev–Trinajstić information content (AvgIpc) is 2.54. The number of rotatable bonds is 3. The molecule has 0 saturated carbocycles. The van der Waals surface area contributed by atoms with Crippen molar-refractivity contribution in [2.75, 3.05) is 0 Å². The monoisotopic (exact) mass is 327 g/mol. The molecule has 0 aliphatic heterocycles. The van der Waals surface area contributed by atoms with Crippen LogP contribution >= 0.6 is 0 Å². The number of hydrogen-bond donors (Lipinski definition) is 1. The van der Waals surface area contributed by atoms with E-state index in [1.165, 1.54) is 17.7 Å². The highest BCUT2D eigenvalue weighted by Gasteiger charge is 2.16. The highest BCUT2D eigenvalue weighted by molar-refractivity contribution is 7.85. The zero-order valence-electron chi connectivity index (χ0n) is 12.6. The number of aliphatic imine (C=N–C) groups is 1. The van der Waals surface area contributed by atoms with Crippen LogP contribution in [0.3, 0.4) is 0 Å². The van der Waals surface area contributed by atoms with Crippen molar-refractivity contribution in [3.63, 3.8) is 0 Å². The molecule has 0 spiro atoms. The lowest BCUT2D eigenvalue weighted by Gasteiger charge is -2.18. The summed E-state index contributed by atoms with van der Waals surface area (Å²) in [6, 6.07) is 12.4. The maximum Gasteiger partial charge on any atom is 0.294 e. The molecule has 0 atom stereocenters. The average molecular weight is 327 g/mol. The third-order valence-corrected chi connectivity index (χ3v) is 4.81. The van der Waals surface area contributed by atoms with Gasteiger partial charge in [0.15, 0.2) is 0 Å². The first kappa shape index (κ1) is 15.6. The van der Waals surface area contributed by atoms with E-state index in [4.69, 9.17) is 0 Å².